The highest BCUT2D eigenvalue weighted by Crippen LogP contribution is 2.18. The van der Waals surface area contributed by atoms with Crippen LogP contribution in [0.2, 0.25) is 0 Å². The lowest BCUT2D eigenvalue weighted by atomic mass is 9.94. The average molecular weight is 337 g/mol. The molecule has 128 valence electrons. The van der Waals surface area contributed by atoms with E-state index in [0.717, 1.165) is 49.6 Å². The second-order valence-corrected chi connectivity index (χ2v) is 7.26. The van der Waals surface area contributed by atoms with Gasteiger partial charge in [-0.3, -0.25) is 4.79 Å². The zero-order valence-corrected chi connectivity index (χ0v) is 15.2. The topological polar surface area (TPSA) is 59.8 Å². The molecule has 0 bridgehead atoms. The van der Waals surface area contributed by atoms with Crippen LogP contribution in [-0.2, 0) is 17.8 Å². The highest BCUT2D eigenvalue weighted by atomic mass is 32.2. The van der Waals surface area contributed by atoms with Crippen molar-refractivity contribution in [3.8, 4) is 0 Å². The van der Waals surface area contributed by atoms with Crippen LogP contribution in [0.4, 0.5) is 0 Å². The maximum atomic E-state index is 12.1. The van der Waals surface area contributed by atoms with E-state index in [9.17, 15) is 4.79 Å². The van der Waals surface area contributed by atoms with Gasteiger partial charge in [-0.2, -0.15) is 0 Å². The maximum absolute atomic E-state index is 12.1. The number of aryl methyl sites for hydroxylation is 1. The Hall–Kier alpha value is -1.30. The fourth-order valence-corrected chi connectivity index (χ4v) is 3.36. The molecular weight excluding hydrogens is 308 g/mol. The number of amides is 1. The lowest BCUT2D eigenvalue weighted by Crippen LogP contribution is -2.32. The van der Waals surface area contributed by atoms with Crippen LogP contribution < -0.4 is 5.32 Å². The number of hydrogen-bond acceptors (Lipinski definition) is 4. The van der Waals surface area contributed by atoms with Crippen molar-refractivity contribution >= 4 is 17.7 Å². The van der Waals surface area contributed by atoms with E-state index in [1.54, 1.807) is 11.8 Å². The quantitative estimate of drug-likeness (QED) is 0.450. The van der Waals surface area contributed by atoms with Crippen LogP contribution in [0.5, 0.6) is 0 Å². The highest BCUT2D eigenvalue weighted by molar-refractivity contribution is 7.98. The summed E-state index contributed by atoms with van der Waals surface area (Å²) in [5, 5.41) is 12.6. The molecule has 1 aromatic rings. The molecule has 1 aromatic heterocycles. The summed E-state index contributed by atoms with van der Waals surface area (Å²) in [4.78, 5) is 12.1. The normalized spacial score (nSPS) is 17.7. The third kappa shape index (κ3) is 5.37. The number of allylic oxidation sites excluding steroid dienone is 2. The lowest BCUT2D eigenvalue weighted by molar-refractivity contribution is -0.125. The Kier molecular flexibility index (Phi) is 7.15. The summed E-state index contributed by atoms with van der Waals surface area (Å²) < 4.78 is 2.21. The van der Waals surface area contributed by atoms with Gasteiger partial charge < -0.3 is 9.88 Å². The molecule has 0 fully saturated rings. The molecular formula is C17H28N4OS. The van der Waals surface area contributed by atoms with Gasteiger partial charge in [0, 0.05) is 25.4 Å². The Labute approximate surface area is 143 Å². The van der Waals surface area contributed by atoms with E-state index in [4.69, 9.17) is 0 Å². The number of aromatic nitrogens is 3. The molecule has 5 nitrogen and oxygen atoms in total. The predicted octanol–water partition coefficient (Wildman–Crippen LogP) is 3.06. The SMILES string of the molecule is CSc1nnc(CCCNC(=O)C2CC=CCC2)n1CC(C)C. The van der Waals surface area contributed by atoms with Crippen molar-refractivity contribution in [2.75, 3.05) is 12.8 Å². The van der Waals surface area contributed by atoms with Crippen molar-refractivity contribution < 1.29 is 4.79 Å². The molecule has 1 heterocycles. The number of carbonyl (C=O) groups is 1. The minimum atomic E-state index is 0.160. The van der Waals surface area contributed by atoms with Gasteiger partial charge in [-0.1, -0.05) is 37.8 Å². The van der Waals surface area contributed by atoms with Gasteiger partial charge >= 0.3 is 0 Å². The number of thioether (sulfide) groups is 1. The summed E-state index contributed by atoms with van der Waals surface area (Å²) in [5.41, 5.74) is 0. The van der Waals surface area contributed by atoms with E-state index in [-0.39, 0.29) is 11.8 Å². The molecule has 0 aliphatic heterocycles. The monoisotopic (exact) mass is 336 g/mol. The van der Waals surface area contributed by atoms with Crippen LogP contribution in [0, 0.1) is 11.8 Å². The second-order valence-electron chi connectivity index (χ2n) is 6.48. The van der Waals surface area contributed by atoms with E-state index in [2.05, 4.69) is 46.1 Å². The molecule has 1 aliphatic carbocycles. The first-order valence-electron chi connectivity index (χ1n) is 8.50. The second kappa shape index (κ2) is 9.11. The van der Waals surface area contributed by atoms with Crippen molar-refractivity contribution in [2.45, 2.75) is 57.7 Å². The molecule has 2 rings (SSSR count). The highest BCUT2D eigenvalue weighted by Gasteiger charge is 2.18. The largest absolute Gasteiger partial charge is 0.356 e. The van der Waals surface area contributed by atoms with Crippen LogP contribution >= 0.6 is 11.8 Å². The Morgan fingerprint density at radius 3 is 2.91 bits per heavy atom. The van der Waals surface area contributed by atoms with Gasteiger partial charge in [0.05, 0.1) is 0 Å². The molecule has 1 N–H and O–H groups in total. The van der Waals surface area contributed by atoms with E-state index in [1.165, 1.54) is 0 Å². The molecule has 1 unspecified atom stereocenters. The van der Waals surface area contributed by atoms with Crippen LogP contribution in [0.15, 0.2) is 17.3 Å². The summed E-state index contributed by atoms with van der Waals surface area (Å²) in [6.07, 6.45) is 10.9. The smallest absolute Gasteiger partial charge is 0.223 e. The zero-order valence-electron chi connectivity index (χ0n) is 14.4. The van der Waals surface area contributed by atoms with Gasteiger partial charge in [-0.25, -0.2) is 0 Å². The molecule has 0 spiro atoms. The summed E-state index contributed by atoms with van der Waals surface area (Å²) in [7, 11) is 0. The third-order valence-corrected chi connectivity index (χ3v) is 4.71. The van der Waals surface area contributed by atoms with Gasteiger partial charge in [-0.15, -0.1) is 10.2 Å². The molecule has 6 heteroatoms. The molecule has 0 saturated carbocycles. The minimum absolute atomic E-state index is 0.160. The Bertz CT molecular complexity index is 539. The van der Waals surface area contributed by atoms with E-state index in [0.29, 0.717) is 12.5 Å². The van der Waals surface area contributed by atoms with Crippen molar-refractivity contribution in [1.29, 1.82) is 0 Å². The molecule has 1 atom stereocenters. The predicted molar refractivity (Wildman–Crippen MR) is 94.5 cm³/mol. The fourth-order valence-electron chi connectivity index (χ4n) is 2.84. The number of rotatable bonds is 8. The summed E-state index contributed by atoms with van der Waals surface area (Å²) >= 11 is 1.63. The molecule has 0 radical (unpaired) electrons. The number of nitrogens with zero attached hydrogens (tertiary/aromatic N) is 3. The van der Waals surface area contributed by atoms with E-state index in [1.807, 2.05) is 6.26 Å². The summed E-state index contributed by atoms with van der Waals surface area (Å²) in [6, 6.07) is 0. The molecule has 0 aromatic carbocycles. The maximum Gasteiger partial charge on any atom is 0.223 e. The number of carbonyl (C=O) groups excluding carboxylic acids is 1. The van der Waals surface area contributed by atoms with Gasteiger partial charge in [0.15, 0.2) is 5.16 Å². The fraction of sp³-hybridized carbons (Fsp3) is 0.706. The van der Waals surface area contributed by atoms with Crippen molar-refractivity contribution in [2.24, 2.45) is 11.8 Å². The Morgan fingerprint density at radius 1 is 1.43 bits per heavy atom. The van der Waals surface area contributed by atoms with Crippen LogP contribution in [0.3, 0.4) is 0 Å². The number of nitrogens with one attached hydrogen (secondary N) is 1. The number of hydrogen-bond donors (Lipinski definition) is 1. The van der Waals surface area contributed by atoms with Crippen LogP contribution in [-0.4, -0.2) is 33.5 Å². The zero-order chi connectivity index (χ0) is 16.7. The van der Waals surface area contributed by atoms with Gasteiger partial charge in [0.25, 0.3) is 0 Å². The summed E-state index contributed by atoms with van der Waals surface area (Å²) in [6.45, 7) is 6.06. The molecule has 0 saturated heterocycles. The first-order chi connectivity index (χ1) is 11.1. The first kappa shape index (κ1) is 18.0. The van der Waals surface area contributed by atoms with Gasteiger partial charge in [0.2, 0.25) is 5.91 Å². The van der Waals surface area contributed by atoms with Gasteiger partial charge in [0.1, 0.15) is 5.82 Å². The van der Waals surface area contributed by atoms with Crippen molar-refractivity contribution in [1.82, 2.24) is 20.1 Å². The molecule has 1 aliphatic rings. The third-order valence-electron chi connectivity index (χ3n) is 4.04. The molecule has 23 heavy (non-hydrogen) atoms. The van der Waals surface area contributed by atoms with Gasteiger partial charge in [-0.05, 0) is 37.9 Å². The standard InChI is InChI=1S/C17H28N4OS/c1-13(2)12-21-15(19-20-17(21)23-3)10-7-11-18-16(22)14-8-5-4-6-9-14/h4-5,13-14H,6-12H2,1-3H3,(H,18,22). The van der Waals surface area contributed by atoms with Crippen LogP contribution in [0.25, 0.3) is 0 Å². The Balaban J connectivity index is 1.78. The lowest BCUT2D eigenvalue weighted by Gasteiger charge is -2.17. The Morgan fingerprint density at radius 2 is 2.26 bits per heavy atom. The van der Waals surface area contributed by atoms with E-state index >= 15 is 0 Å². The molecule has 1 amide bonds. The summed E-state index contributed by atoms with van der Waals surface area (Å²) in [5.74, 6) is 1.95. The van der Waals surface area contributed by atoms with Crippen LogP contribution in [0.1, 0.15) is 45.4 Å². The average Bonchev–Trinajstić information content (AvgIpc) is 2.93. The van der Waals surface area contributed by atoms with Crippen molar-refractivity contribution in [3.05, 3.63) is 18.0 Å². The van der Waals surface area contributed by atoms with Crippen molar-refractivity contribution in [3.63, 3.8) is 0 Å². The van der Waals surface area contributed by atoms with E-state index < -0.39 is 0 Å². The minimum Gasteiger partial charge on any atom is -0.356 e. The first-order valence-corrected chi connectivity index (χ1v) is 9.73.